The van der Waals surface area contributed by atoms with Gasteiger partial charge in [-0.3, -0.25) is 9.59 Å². The first kappa shape index (κ1) is 27.1. The fourth-order valence-electron chi connectivity index (χ4n) is 8.14. The Morgan fingerprint density at radius 3 is 2.35 bits per heavy atom. The maximum absolute atomic E-state index is 13.3. The van der Waals surface area contributed by atoms with E-state index in [1.165, 1.54) is 58.5 Å². The number of Topliss-reactive ketones (excluding diaryl/α,β-unsaturated/α-hetero) is 1. The van der Waals surface area contributed by atoms with Crippen molar-refractivity contribution in [1.82, 2.24) is 0 Å². The molecule has 180 valence electrons. The number of fused-ring (bicyclic) bond motifs is 5. The van der Waals surface area contributed by atoms with E-state index in [-0.39, 0.29) is 5.97 Å². The summed E-state index contributed by atoms with van der Waals surface area (Å²) < 4.78 is 4.81. The van der Waals surface area contributed by atoms with Crippen molar-refractivity contribution in [1.29, 1.82) is 0 Å². The highest BCUT2D eigenvalue weighted by Crippen LogP contribution is 2.67. The zero-order chi connectivity index (χ0) is 23.2. The fraction of sp³-hybridized carbons (Fsp3) is 0.926. The van der Waals surface area contributed by atoms with Gasteiger partial charge in [-0.1, -0.05) is 63.1 Å². The number of hydrogen-bond donors (Lipinski definition) is 0. The molecule has 0 aromatic heterocycles. The van der Waals surface area contributed by atoms with Crippen LogP contribution in [0.3, 0.4) is 0 Å². The number of ether oxygens (including phenoxy) is 1. The molecule has 4 aliphatic carbocycles. The van der Waals surface area contributed by atoms with Crippen LogP contribution in [0.5, 0.6) is 0 Å². The third-order valence-corrected chi connectivity index (χ3v) is 9.75. The van der Waals surface area contributed by atoms with E-state index in [1.807, 2.05) is 18.8 Å². The molecule has 0 spiro atoms. The molecule has 0 radical (unpaired) electrons. The Balaban J connectivity index is 0.000000807. The summed E-state index contributed by atoms with van der Waals surface area (Å²) in [5, 5.41) is 0. The van der Waals surface area contributed by atoms with Gasteiger partial charge in [0.2, 0.25) is 0 Å². The minimum Gasteiger partial charge on any atom is -0.469 e. The highest BCUT2D eigenvalue weighted by molar-refractivity contribution is 14.1. The number of halogens is 1. The quantitative estimate of drug-likeness (QED) is 0.207. The summed E-state index contributed by atoms with van der Waals surface area (Å²) in [4.78, 5) is 26.7. The van der Waals surface area contributed by atoms with Gasteiger partial charge < -0.3 is 4.74 Å². The van der Waals surface area contributed by atoms with Gasteiger partial charge in [0.05, 0.1) is 7.11 Å². The Bertz CT molecular complexity index is 605. The molecule has 4 saturated carbocycles. The Labute approximate surface area is 205 Å². The largest absolute Gasteiger partial charge is 0.469 e. The molecule has 4 fully saturated rings. The summed E-state index contributed by atoms with van der Waals surface area (Å²) in [6, 6.07) is 0. The number of rotatable bonds is 4. The van der Waals surface area contributed by atoms with E-state index < -0.39 is 0 Å². The third-order valence-electron chi connectivity index (χ3n) is 9.75. The van der Waals surface area contributed by atoms with Crippen molar-refractivity contribution >= 4 is 34.3 Å². The second-order valence-electron chi connectivity index (χ2n) is 10.6. The van der Waals surface area contributed by atoms with Crippen LogP contribution in [0.2, 0.25) is 0 Å². The zero-order valence-corrected chi connectivity index (χ0v) is 23.1. The molecule has 0 aromatic carbocycles. The second-order valence-corrected chi connectivity index (χ2v) is 10.6. The van der Waals surface area contributed by atoms with Crippen LogP contribution in [0.4, 0.5) is 0 Å². The fourth-order valence-corrected chi connectivity index (χ4v) is 8.14. The first-order chi connectivity index (χ1) is 14.9. The number of alkyl halides is 1. The van der Waals surface area contributed by atoms with E-state index in [9.17, 15) is 9.59 Å². The molecular formula is C27H47IO3. The van der Waals surface area contributed by atoms with Gasteiger partial charge in [0.15, 0.2) is 0 Å². The van der Waals surface area contributed by atoms with E-state index in [4.69, 9.17) is 4.74 Å². The molecule has 7 atom stereocenters. The van der Waals surface area contributed by atoms with Crippen LogP contribution in [-0.2, 0) is 14.3 Å². The average Bonchev–Trinajstić information content (AvgIpc) is 3.13. The normalized spacial score (nSPS) is 40.7. The molecule has 0 aliphatic heterocycles. The predicted molar refractivity (Wildman–Crippen MR) is 137 cm³/mol. The van der Waals surface area contributed by atoms with Gasteiger partial charge in [0, 0.05) is 18.8 Å². The van der Waals surface area contributed by atoms with Crippen LogP contribution in [0.15, 0.2) is 0 Å². The van der Waals surface area contributed by atoms with Gasteiger partial charge in [0.25, 0.3) is 0 Å². The number of carbonyl (C=O) groups is 2. The number of carbonyl (C=O) groups excluding carboxylic acids is 2. The van der Waals surface area contributed by atoms with Crippen LogP contribution in [0.1, 0.15) is 105 Å². The van der Waals surface area contributed by atoms with Crippen LogP contribution >= 0.6 is 22.6 Å². The van der Waals surface area contributed by atoms with Crippen molar-refractivity contribution < 1.29 is 14.3 Å². The molecule has 7 unspecified atom stereocenters. The Kier molecular flexibility index (Phi) is 10.4. The Morgan fingerprint density at radius 2 is 1.68 bits per heavy atom. The standard InChI is InChI=1S/C24H38O3.C2H6.CH3I/c1-23-13-5-4-7-17(23)15-20(25)22-18-11-10-16(8-6-9-21(26)27-3)24(18,2)14-12-19(22)23;2*1-2/h16-19,22H,4-15H2,1-3H3;1-2H3;1H3. The number of ketones is 1. The lowest BCUT2D eigenvalue weighted by atomic mass is 9.44. The lowest BCUT2D eigenvalue weighted by Crippen LogP contribution is -2.56. The monoisotopic (exact) mass is 546 g/mol. The van der Waals surface area contributed by atoms with Crippen molar-refractivity contribution in [2.45, 2.75) is 105 Å². The topological polar surface area (TPSA) is 43.4 Å². The SMILES string of the molecule is CC.CI.COC(=O)CCCC1CCC2C3C(=O)CC4CCCCC4(C)C3CCC12C. The highest BCUT2D eigenvalue weighted by atomic mass is 127. The molecule has 4 heteroatoms. The molecule has 0 heterocycles. The van der Waals surface area contributed by atoms with Gasteiger partial charge in [-0.25, -0.2) is 0 Å². The van der Waals surface area contributed by atoms with Gasteiger partial charge in [-0.15, -0.1) is 0 Å². The highest BCUT2D eigenvalue weighted by Gasteiger charge is 2.61. The molecular weight excluding hydrogens is 499 g/mol. The molecule has 4 rings (SSSR count). The maximum Gasteiger partial charge on any atom is 0.305 e. The Hall–Kier alpha value is -0.130. The summed E-state index contributed by atoms with van der Waals surface area (Å²) in [6.07, 6.45) is 13.8. The van der Waals surface area contributed by atoms with E-state index in [2.05, 4.69) is 36.4 Å². The Morgan fingerprint density at radius 1 is 1.00 bits per heavy atom. The number of esters is 1. The minimum absolute atomic E-state index is 0.0860. The van der Waals surface area contributed by atoms with Crippen LogP contribution in [-0.4, -0.2) is 23.8 Å². The second kappa shape index (κ2) is 11.8. The third kappa shape index (κ3) is 5.19. The number of methoxy groups -OCH3 is 1. The van der Waals surface area contributed by atoms with Gasteiger partial charge in [-0.05, 0) is 90.8 Å². The molecule has 0 saturated heterocycles. The minimum atomic E-state index is -0.0860. The summed E-state index contributed by atoms with van der Waals surface area (Å²) >= 11 is 2.15. The summed E-state index contributed by atoms with van der Waals surface area (Å²) in [5.41, 5.74) is 0.728. The first-order valence-corrected chi connectivity index (χ1v) is 15.0. The van der Waals surface area contributed by atoms with Crippen molar-refractivity contribution in [3.8, 4) is 0 Å². The first-order valence-electron chi connectivity index (χ1n) is 12.9. The van der Waals surface area contributed by atoms with Gasteiger partial charge >= 0.3 is 5.97 Å². The van der Waals surface area contributed by atoms with Gasteiger partial charge in [0.1, 0.15) is 5.78 Å². The van der Waals surface area contributed by atoms with Crippen LogP contribution < -0.4 is 0 Å². The molecule has 4 aliphatic rings. The zero-order valence-electron chi connectivity index (χ0n) is 21.0. The number of hydrogen-bond acceptors (Lipinski definition) is 3. The average molecular weight is 547 g/mol. The maximum atomic E-state index is 13.3. The van der Waals surface area contributed by atoms with Gasteiger partial charge in [-0.2, -0.15) is 0 Å². The molecule has 0 aromatic rings. The van der Waals surface area contributed by atoms with Crippen molar-refractivity contribution in [3.63, 3.8) is 0 Å². The molecule has 0 N–H and O–H groups in total. The van der Waals surface area contributed by atoms with E-state index in [0.717, 1.165) is 19.3 Å². The van der Waals surface area contributed by atoms with Crippen LogP contribution in [0, 0.1) is 40.4 Å². The summed E-state index contributed by atoms with van der Waals surface area (Å²) in [7, 11) is 1.48. The van der Waals surface area contributed by atoms with Crippen molar-refractivity contribution in [2.75, 3.05) is 12.0 Å². The molecule has 0 amide bonds. The lowest BCUT2D eigenvalue weighted by molar-refractivity contribution is -0.155. The predicted octanol–water partition coefficient (Wildman–Crippen LogP) is 7.64. The van der Waals surface area contributed by atoms with E-state index in [1.54, 1.807) is 0 Å². The molecule has 3 nitrogen and oxygen atoms in total. The van der Waals surface area contributed by atoms with Crippen molar-refractivity contribution in [3.05, 3.63) is 0 Å². The lowest BCUT2D eigenvalue weighted by Gasteiger charge is -2.59. The summed E-state index contributed by atoms with van der Waals surface area (Å²) in [5.74, 6) is 3.41. The summed E-state index contributed by atoms with van der Waals surface area (Å²) in [6.45, 7) is 9.01. The molecule has 31 heavy (non-hydrogen) atoms. The molecule has 0 bridgehead atoms. The smallest absolute Gasteiger partial charge is 0.305 e. The van der Waals surface area contributed by atoms with E-state index in [0.29, 0.717) is 52.6 Å². The van der Waals surface area contributed by atoms with Crippen molar-refractivity contribution in [2.24, 2.45) is 40.4 Å². The van der Waals surface area contributed by atoms with Crippen LogP contribution in [0.25, 0.3) is 0 Å². The van der Waals surface area contributed by atoms with E-state index >= 15 is 0 Å².